The number of likely N-dealkylation sites (N-methyl/N-ethyl adjacent to an activating group) is 1. The summed E-state index contributed by atoms with van der Waals surface area (Å²) < 4.78 is 0. The van der Waals surface area contributed by atoms with Gasteiger partial charge >= 0.3 is 0 Å². The minimum absolute atomic E-state index is 0.0243. The quantitative estimate of drug-likeness (QED) is 0.942. The summed E-state index contributed by atoms with van der Waals surface area (Å²) in [7, 11) is 2.10. The highest BCUT2D eigenvalue weighted by atomic mass is 32.1. The molecule has 0 saturated heterocycles. The fourth-order valence-corrected chi connectivity index (χ4v) is 3.52. The highest BCUT2D eigenvalue weighted by Crippen LogP contribution is 2.27. The van der Waals surface area contributed by atoms with E-state index in [-0.39, 0.29) is 5.91 Å². The Balaban J connectivity index is 1.67. The zero-order chi connectivity index (χ0) is 14.8. The predicted molar refractivity (Wildman–Crippen MR) is 83.5 cm³/mol. The summed E-state index contributed by atoms with van der Waals surface area (Å²) in [4.78, 5) is 24.2. The lowest BCUT2D eigenvalue weighted by atomic mass is 10.1. The average molecular weight is 302 g/mol. The molecule has 2 aromatic rings. The number of carbonyl (C=O) groups excluding carboxylic acids is 1. The molecule has 1 aliphatic rings. The zero-order valence-electron chi connectivity index (χ0n) is 12.2. The second-order valence-corrected chi connectivity index (χ2v) is 6.49. The molecule has 5 nitrogen and oxygen atoms in total. The summed E-state index contributed by atoms with van der Waals surface area (Å²) in [5, 5.41) is 3.63. The highest BCUT2D eigenvalue weighted by molar-refractivity contribution is 7.15. The van der Waals surface area contributed by atoms with Gasteiger partial charge in [0.1, 0.15) is 0 Å². The van der Waals surface area contributed by atoms with Crippen LogP contribution < -0.4 is 5.32 Å². The molecule has 1 amide bonds. The molecule has 1 N–H and O–H groups in total. The number of hydrogen-bond acceptors (Lipinski definition) is 5. The van der Waals surface area contributed by atoms with Crippen molar-refractivity contribution in [3.63, 3.8) is 0 Å². The Morgan fingerprint density at radius 2 is 2.38 bits per heavy atom. The van der Waals surface area contributed by atoms with Crippen molar-refractivity contribution in [1.82, 2.24) is 14.9 Å². The van der Waals surface area contributed by atoms with Crippen molar-refractivity contribution < 1.29 is 4.79 Å². The summed E-state index contributed by atoms with van der Waals surface area (Å²) in [5.74, 6) is -0.0243. The van der Waals surface area contributed by atoms with Crippen molar-refractivity contribution in [2.45, 2.75) is 26.3 Å². The van der Waals surface area contributed by atoms with Crippen LogP contribution in [0.25, 0.3) is 0 Å². The van der Waals surface area contributed by atoms with E-state index >= 15 is 0 Å². The maximum absolute atomic E-state index is 12.1. The van der Waals surface area contributed by atoms with Crippen molar-refractivity contribution in [3.05, 3.63) is 40.2 Å². The number of aryl methyl sites for hydroxylation is 1. The SMILES string of the molecule is Cc1cnccc1CC(=O)Nc1nc2c(s1)CN(C)CC2. The maximum Gasteiger partial charge on any atom is 0.230 e. The number of amides is 1. The van der Waals surface area contributed by atoms with Gasteiger partial charge in [-0.1, -0.05) is 0 Å². The molecule has 110 valence electrons. The summed E-state index contributed by atoms with van der Waals surface area (Å²) in [5.41, 5.74) is 3.17. The molecular formula is C15H18N4OS. The van der Waals surface area contributed by atoms with E-state index in [1.165, 1.54) is 4.88 Å². The van der Waals surface area contributed by atoms with Crippen molar-refractivity contribution in [2.75, 3.05) is 18.9 Å². The molecule has 1 aliphatic heterocycles. The number of rotatable bonds is 3. The first-order valence-corrected chi connectivity index (χ1v) is 7.80. The highest BCUT2D eigenvalue weighted by Gasteiger charge is 2.19. The molecule has 0 atom stereocenters. The van der Waals surface area contributed by atoms with Gasteiger partial charge in [-0.25, -0.2) is 4.98 Å². The summed E-state index contributed by atoms with van der Waals surface area (Å²) in [6.07, 6.45) is 4.81. The van der Waals surface area contributed by atoms with E-state index in [1.54, 1.807) is 23.7 Å². The van der Waals surface area contributed by atoms with Crippen LogP contribution in [0.5, 0.6) is 0 Å². The van der Waals surface area contributed by atoms with Crippen LogP contribution in [-0.2, 0) is 24.2 Å². The van der Waals surface area contributed by atoms with Gasteiger partial charge < -0.3 is 10.2 Å². The molecular weight excluding hydrogens is 284 g/mol. The number of carbonyl (C=O) groups is 1. The Morgan fingerprint density at radius 1 is 1.52 bits per heavy atom. The molecule has 0 saturated carbocycles. The third-order valence-electron chi connectivity index (χ3n) is 3.66. The number of pyridine rings is 1. The number of hydrogen-bond donors (Lipinski definition) is 1. The number of nitrogens with one attached hydrogen (secondary N) is 1. The molecule has 2 aromatic heterocycles. The first-order chi connectivity index (χ1) is 10.1. The lowest BCUT2D eigenvalue weighted by Gasteiger charge is -2.20. The van der Waals surface area contributed by atoms with E-state index in [9.17, 15) is 4.79 Å². The molecule has 0 aromatic carbocycles. The molecule has 0 bridgehead atoms. The summed E-state index contributed by atoms with van der Waals surface area (Å²) in [6.45, 7) is 3.92. The van der Waals surface area contributed by atoms with Crippen molar-refractivity contribution in [2.24, 2.45) is 0 Å². The first kappa shape index (κ1) is 14.2. The number of nitrogens with zero attached hydrogens (tertiary/aromatic N) is 3. The summed E-state index contributed by atoms with van der Waals surface area (Å²) in [6, 6.07) is 1.89. The monoisotopic (exact) mass is 302 g/mol. The molecule has 3 heterocycles. The largest absolute Gasteiger partial charge is 0.302 e. The van der Waals surface area contributed by atoms with Crippen LogP contribution in [0, 0.1) is 6.92 Å². The van der Waals surface area contributed by atoms with Gasteiger partial charge in [-0.15, -0.1) is 11.3 Å². The van der Waals surface area contributed by atoms with E-state index in [2.05, 4.69) is 27.2 Å². The number of anilines is 1. The number of aromatic nitrogens is 2. The molecule has 0 radical (unpaired) electrons. The lowest BCUT2D eigenvalue weighted by molar-refractivity contribution is -0.115. The third-order valence-corrected chi connectivity index (χ3v) is 4.65. The molecule has 0 aliphatic carbocycles. The van der Waals surface area contributed by atoms with E-state index in [4.69, 9.17) is 0 Å². The van der Waals surface area contributed by atoms with Gasteiger partial charge in [0.05, 0.1) is 12.1 Å². The van der Waals surface area contributed by atoms with Crippen molar-refractivity contribution in [1.29, 1.82) is 0 Å². The van der Waals surface area contributed by atoms with Crippen LogP contribution in [0.1, 0.15) is 21.7 Å². The topological polar surface area (TPSA) is 58.1 Å². The van der Waals surface area contributed by atoms with Gasteiger partial charge in [0, 0.05) is 36.8 Å². The molecule has 6 heteroatoms. The van der Waals surface area contributed by atoms with Gasteiger partial charge in [0.2, 0.25) is 5.91 Å². The van der Waals surface area contributed by atoms with Crippen LogP contribution in [0.15, 0.2) is 18.5 Å². The van der Waals surface area contributed by atoms with Gasteiger partial charge in [-0.2, -0.15) is 0 Å². The van der Waals surface area contributed by atoms with Gasteiger partial charge in [-0.05, 0) is 31.2 Å². The van der Waals surface area contributed by atoms with Gasteiger partial charge in [0.15, 0.2) is 5.13 Å². The number of thiazole rings is 1. The minimum atomic E-state index is -0.0243. The van der Waals surface area contributed by atoms with Crippen LogP contribution >= 0.6 is 11.3 Å². The minimum Gasteiger partial charge on any atom is -0.302 e. The van der Waals surface area contributed by atoms with Crippen LogP contribution in [0.3, 0.4) is 0 Å². The molecule has 21 heavy (non-hydrogen) atoms. The van der Waals surface area contributed by atoms with Crippen LogP contribution in [0.2, 0.25) is 0 Å². The Bertz CT molecular complexity index is 667. The van der Waals surface area contributed by atoms with E-state index in [0.717, 1.165) is 36.3 Å². The molecule has 0 spiro atoms. The second kappa shape index (κ2) is 5.91. The Hall–Kier alpha value is -1.79. The van der Waals surface area contributed by atoms with Crippen molar-refractivity contribution in [3.8, 4) is 0 Å². The lowest BCUT2D eigenvalue weighted by Crippen LogP contribution is -2.25. The molecule has 0 fully saturated rings. The fraction of sp³-hybridized carbons (Fsp3) is 0.400. The van der Waals surface area contributed by atoms with Gasteiger partial charge in [0.25, 0.3) is 0 Å². The maximum atomic E-state index is 12.1. The number of fused-ring (bicyclic) bond motifs is 1. The average Bonchev–Trinajstić information content (AvgIpc) is 2.82. The van der Waals surface area contributed by atoms with E-state index in [0.29, 0.717) is 11.6 Å². The van der Waals surface area contributed by atoms with Crippen LogP contribution in [-0.4, -0.2) is 34.4 Å². The van der Waals surface area contributed by atoms with E-state index in [1.807, 2.05) is 13.0 Å². The predicted octanol–water partition coefficient (Wildman–Crippen LogP) is 2.02. The Labute approximate surface area is 128 Å². The molecule has 3 rings (SSSR count). The second-order valence-electron chi connectivity index (χ2n) is 5.40. The Kier molecular flexibility index (Phi) is 3.98. The fourth-order valence-electron chi connectivity index (χ4n) is 2.41. The van der Waals surface area contributed by atoms with Gasteiger partial charge in [-0.3, -0.25) is 9.78 Å². The molecule has 0 unspecified atom stereocenters. The third kappa shape index (κ3) is 3.28. The summed E-state index contributed by atoms with van der Waals surface area (Å²) >= 11 is 1.59. The van der Waals surface area contributed by atoms with E-state index < -0.39 is 0 Å². The zero-order valence-corrected chi connectivity index (χ0v) is 13.0. The smallest absolute Gasteiger partial charge is 0.230 e. The standard InChI is InChI=1S/C15H18N4OS/c1-10-8-16-5-3-11(10)7-14(20)18-15-17-12-4-6-19(2)9-13(12)21-15/h3,5,8H,4,6-7,9H2,1-2H3,(H,17,18,20). The van der Waals surface area contributed by atoms with Crippen LogP contribution in [0.4, 0.5) is 5.13 Å². The van der Waals surface area contributed by atoms with Crippen molar-refractivity contribution >= 4 is 22.4 Å². The normalized spacial score (nSPS) is 14.8. The first-order valence-electron chi connectivity index (χ1n) is 6.98. The Morgan fingerprint density at radius 3 is 3.19 bits per heavy atom.